The van der Waals surface area contributed by atoms with E-state index >= 15 is 0 Å². The second-order valence-corrected chi connectivity index (χ2v) is 4.61. The number of carbonyl (C=O) groups is 2. The summed E-state index contributed by atoms with van der Waals surface area (Å²) in [6.45, 7) is 3.63. The van der Waals surface area contributed by atoms with Gasteiger partial charge in [-0.2, -0.15) is 0 Å². The van der Waals surface area contributed by atoms with E-state index in [1.807, 2.05) is 18.2 Å². The fourth-order valence-corrected chi connectivity index (χ4v) is 2.36. The van der Waals surface area contributed by atoms with Crippen molar-refractivity contribution >= 4 is 33.7 Å². The molecule has 0 bridgehead atoms. The van der Waals surface area contributed by atoms with Crippen molar-refractivity contribution in [2.24, 2.45) is 0 Å². The Labute approximate surface area is 115 Å². The Morgan fingerprint density at radius 2 is 2.05 bits per heavy atom. The zero-order valence-corrected chi connectivity index (χ0v) is 11.3. The quantitative estimate of drug-likeness (QED) is 0.728. The number of rotatable bonds is 2. The highest BCUT2D eigenvalue weighted by Crippen LogP contribution is 2.24. The van der Waals surface area contributed by atoms with E-state index in [1.54, 1.807) is 23.8 Å². The van der Waals surface area contributed by atoms with Crippen LogP contribution in [0.25, 0.3) is 21.8 Å². The highest BCUT2D eigenvalue weighted by Gasteiger charge is 2.12. The number of esters is 1. The molecule has 0 fully saturated rings. The molecule has 0 spiro atoms. The first-order valence-electron chi connectivity index (χ1n) is 6.42. The van der Waals surface area contributed by atoms with E-state index < -0.39 is 0 Å². The summed E-state index contributed by atoms with van der Waals surface area (Å²) in [6, 6.07) is 7.43. The summed E-state index contributed by atoms with van der Waals surface area (Å²) in [4.78, 5) is 26.3. The van der Waals surface area contributed by atoms with Crippen molar-refractivity contribution in [1.29, 1.82) is 0 Å². The molecule has 2 aromatic heterocycles. The van der Waals surface area contributed by atoms with Crippen molar-refractivity contribution in [3.63, 3.8) is 0 Å². The second kappa shape index (κ2) is 4.52. The summed E-state index contributed by atoms with van der Waals surface area (Å²) in [6.07, 6.45) is 1.75. The standard InChI is InChI=1S/C15H14N2O3/c1-3-20-15(19)13-7-11-8-14-10(6-12(11)16-13)4-5-17(14)9(2)18/h4-8,16H,3H2,1-2H3. The third kappa shape index (κ3) is 1.87. The molecule has 0 atom stereocenters. The Balaban J connectivity index is 2.17. The third-order valence-corrected chi connectivity index (χ3v) is 3.27. The molecule has 5 heteroatoms. The van der Waals surface area contributed by atoms with Gasteiger partial charge in [-0.25, -0.2) is 4.79 Å². The average molecular weight is 270 g/mol. The number of benzene rings is 1. The number of hydrogen-bond acceptors (Lipinski definition) is 3. The summed E-state index contributed by atoms with van der Waals surface area (Å²) in [5.74, 6) is -0.414. The zero-order valence-electron chi connectivity index (χ0n) is 11.3. The van der Waals surface area contributed by atoms with Gasteiger partial charge in [0.2, 0.25) is 5.91 Å². The monoisotopic (exact) mass is 270 g/mol. The molecular formula is C15H14N2O3. The average Bonchev–Trinajstić information content (AvgIpc) is 2.98. The number of hydrogen-bond donors (Lipinski definition) is 1. The molecule has 2 heterocycles. The van der Waals surface area contributed by atoms with Gasteiger partial charge in [0.15, 0.2) is 0 Å². The van der Waals surface area contributed by atoms with Crippen LogP contribution in [0.1, 0.15) is 29.1 Å². The first-order chi connectivity index (χ1) is 9.60. The van der Waals surface area contributed by atoms with E-state index in [4.69, 9.17) is 4.74 Å². The van der Waals surface area contributed by atoms with Crippen molar-refractivity contribution in [3.05, 3.63) is 36.2 Å². The van der Waals surface area contributed by atoms with Crippen LogP contribution in [0.4, 0.5) is 0 Å². The lowest BCUT2D eigenvalue weighted by molar-refractivity contribution is 0.0520. The highest BCUT2D eigenvalue weighted by atomic mass is 16.5. The van der Waals surface area contributed by atoms with Gasteiger partial charge in [-0.1, -0.05) is 0 Å². The summed E-state index contributed by atoms with van der Waals surface area (Å²) >= 11 is 0. The summed E-state index contributed by atoms with van der Waals surface area (Å²) in [7, 11) is 0. The predicted octanol–water partition coefficient (Wildman–Crippen LogP) is 2.96. The van der Waals surface area contributed by atoms with Gasteiger partial charge in [-0.3, -0.25) is 9.36 Å². The van der Waals surface area contributed by atoms with Gasteiger partial charge in [0.1, 0.15) is 5.69 Å². The van der Waals surface area contributed by atoms with E-state index in [2.05, 4.69) is 4.98 Å². The smallest absolute Gasteiger partial charge is 0.354 e. The van der Waals surface area contributed by atoms with Crippen molar-refractivity contribution in [2.75, 3.05) is 6.61 Å². The van der Waals surface area contributed by atoms with E-state index in [-0.39, 0.29) is 11.9 Å². The maximum atomic E-state index is 11.7. The molecule has 0 aliphatic rings. The van der Waals surface area contributed by atoms with Crippen LogP contribution in [0, 0.1) is 0 Å². The number of fused-ring (bicyclic) bond motifs is 2. The van der Waals surface area contributed by atoms with Crippen LogP contribution < -0.4 is 0 Å². The summed E-state index contributed by atoms with van der Waals surface area (Å²) < 4.78 is 6.56. The molecular weight excluding hydrogens is 256 g/mol. The molecule has 20 heavy (non-hydrogen) atoms. The molecule has 0 saturated heterocycles. The number of aromatic amines is 1. The molecule has 0 amide bonds. The minimum absolute atomic E-state index is 0.0412. The number of ether oxygens (including phenoxy) is 1. The number of nitrogens with one attached hydrogen (secondary N) is 1. The fraction of sp³-hybridized carbons (Fsp3) is 0.200. The van der Waals surface area contributed by atoms with E-state index in [9.17, 15) is 9.59 Å². The lowest BCUT2D eigenvalue weighted by Gasteiger charge is -1.99. The van der Waals surface area contributed by atoms with Crippen molar-refractivity contribution in [2.45, 2.75) is 13.8 Å². The van der Waals surface area contributed by atoms with Gasteiger partial charge >= 0.3 is 5.97 Å². The van der Waals surface area contributed by atoms with Gasteiger partial charge in [0.05, 0.1) is 12.1 Å². The molecule has 0 unspecified atom stereocenters. The normalized spacial score (nSPS) is 11.1. The van der Waals surface area contributed by atoms with Crippen LogP contribution in [0.3, 0.4) is 0 Å². The molecule has 3 aromatic rings. The van der Waals surface area contributed by atoms with Gasteiger partial charge < -0.3 is 9.72 Å². The van der Waals surface area contributed by atoms with Crippen LogP contribution in [0.15, 0.2) is 30.5 Å². The summed E-state index contributed by atoms with van der Waals surface area (Å²) in [5.41, 5.74) is 2.10. The number of H-pyrrole nitrogens is 1. The Kier molecular flexibility index (Phi) is 2.82. The van der Waals surface area contributed by atoms with Crippen molar-refractivity contribution < 1.29 is 14.3 Å². The maximum Gasteiger partial charge on any atom is 0.354 e. The SMILES string of the molecule is CCOC(=O)c1cc2cc3c(ccn3C(C)=O)cc2[nH]1. The Hall–Kier alpha value is -2.56. The van der Waals surface area contributed by atoms with E-state index in [0.29, 0.717) is 12.3 Å². The lowest BCUT2D eigenvalue weighted by Crippen LogP contribution is -2.04. The number of nitrogens with zero attached hydrogens (tertiary/aromatic N) is 1. The van der Waals surface area contributed by atoms with E-state index in [0.717, 1.165) is 21.8 Å². The van der Waals surface area contributed by atoms with Crippen LogP contribution in [-0.2, 0) is 4.74 Å². The van der Waals surface area contributed by atoms with E-state index in [1.165, 1.54) is 6.92 Å². The first kappa shape index (κ1) is 12.5. The molecule has 0 aliphatic heterocycles. The molecule has 1 aromatic carbocycles. The molecule has 0 aliphatic carbocycles. The maximum absolute atomic E-state index is 11.7. The molecule has 1 N–H and O–H groups in total. The first-order valence-corrected chi connectivity index (χ1v) is 6.42. The van der Waals surface area contributed by atoms with Gasteiger partial charge in [0, 0.05) is 29.4 Å². The van der Waals surface area contributed by atoms with Crippen LogP contribution in [0.2, 0.25) is 0 Å². The number of aromatic nitrogens is 2. The Morgan fingerprint density at radius 1 is 1.25 bits per heavy atom. The minimum atomic E-state index is -0.372. The highest BCUT2D eigenvalue weighted by molar-refractivity contribution is 6.02. The molecule has 3 rings (SSSR count). The van der Waals surface area contributed by atoms with Crippen LogP contribution >= 0.6 is 0 Å². The zero-order chi connectivity index (χ0) is 14.3. The van der Waals surface area contributed by atoms with Gasteiger partial charge in [-0.15, -0.1) is 0 Å². The topological polar surface area (TPSA) is 64.1 Å². The van der Waals surface area contributed by atoms with Crippen LogP contribution in [0.5, 0.6) is 0 Å². The van der Waals surface area contributed by atoms with Crippen molar-refractivity contribution in [1.82, 2.24) is 9.55 Å². The van der Waals surface area contributed by atoms with Gasteiger partial charge in [0.25, 0.3) is 0 Å². The Bertz CT molecular complexity index is 826. The molecule has 5 nitrogen and oxygen atoms in total. The molecule has 102 valence electrons. The van der Waals surface area contributed by atoms with Gasteiger partial charge in [-0.05, 0) is 31.2 Å². The predicted molar refractivity (Wildman–Crippen MR) is 76.1 cm³/mol. The third-order valence-electron chi connectivity index (χ3n) is 3.27. The Morgan fingerprint density at radius 3 is 2.75 bits per heavy atom. The lowest BCUT2D eigenvalue weighted by atomic mass is 10.2. The minimum Gasteiger partial charge on any atom is -0.461 e. The molecule has 0 radical (unpaired) electrons. The van der Waals surface area contributed by atoms with Crippen LogP contribution in [-0.4, -0.2) is 28.0 Å². The van der Waals surface area contributed by atoms with Crippen molar-refractivity contribution in [3.8, 4) is 0 Å². The largest absolute Gasteiger partial charge is 0.461 e. The summed E-state index contributed by atoms with van der Waals surface area (Å²) in [5, 5.41) is 1.83. The second-order valence-electron chi connectivity index (χ2n) is 4.61. The molecule has 0 saturated carbocycles. The number of carbonyl (C=O) groups excluding carboxylic acids is 2. The fourth-order valence-electron chi connectivity index (χ4n) is 2.36.